The van der Waals surface area contributed by atoms with Crippen molar-refractivity contribution in [1.29, 1.82) is 0 Å². The molecule has 3 saturated heterocycles. The van der Waals surface area contributed by atoms with E-state index in [0.717, 1.165) is 6.54 Å². The number of rotatable bonds is 2. The Morgan fingerprint density at radius 1 is 1.47 bits per heavy atom. The molecule has 1 unspecified atom stereocenters. The van der Waals surface area contributed by atoms with E-state index in [0.29, 0.717) is 17.8 Å². The van der Waals surface area contributed by atoms with Gasteiger partial charge in [-0.3, -0.25) is 4.79 Å². The summed E-state index contributed by atoms with van der Waals surface area (Å²) in [7, 11) is 0. The number of fused-ring (bicyclic) bond motifs is 3. The molecule has 6 heteroatoms. The van der Waals surface area contributed by atoms with Crippen LogP contribution >= 0.6 is 0 Å². The van der Waals surface area contributed by atoms with Gasteiger partial charge in [0, 0.05) is 12.6 Å². The SMILES string of the molecule is Nc1c(NC2CN3CCC2CC3)nc[nH]c1=O. The van der Waals surface area contributed by atoms with Crippen LogP contribution in [-0.2, 0) is 0 Å². The third kappa shape index (κ3) is 1.88. The van der Waals surface area contributed by atoms with Crippen LogP contribution in [0.25, 0.3) is 0 Å². The number of anilines is 2. The molecule has 17 heavy (non-hydrogen) atoms. The van der Waals surface area contributed by atoms with Crippen molar-refractivity contribution in [1.82, 2.24) is 14.9 Å². The normalized spacial score (nSPS) is 31.4. The van der Waals surface area contributed by atoms with E-state index in [2.05, 4.69) is 20.2 Å². The van der Waals surface area contributed by atoms with Crippen LogP contribution in [0.4, 0.5) is 11.5 Å². The maximum Gasteiger partial charge on any atom is 0.276 e. The highest BCUT2D eigenvalue weighted by molar-refractivity contribution is 5.59. The van der Waals surface area contributed by atoms with Gasteiger partial charge < -0.3 is 20.9 Å². The Labute approximate surface area is 99.2 Å². The number of H-pyrrole nitrogens is 1. The summed E-state index contributed by atoms with van der Waals surface area (Å²) >= 11 is 0. The van der Waals surface area contributed by atoms with Crippen molar-refractivity contribution >= 4 is 11.5 Å². The molecule has 0 saturated carbocycles. The molecule has 0 amide bonds. The summed E-state index contributed by atoms with van der Waals surface area (Å²) in [4.78, 5) is 20.4. The quantitative estimate of drug-likeness (QED) is 0.664. The first kappa shape index (κ1) is 10.6. The van der Waals surface area contributed by atoms with Crippen LogP contribution in [0.1, 0.15) is 12.8 Å². The van der Waals surface area contributed by atoms with E-state index >= 15 is 0 Å². The van der Waals surface area contributed by atoms with Crippen molar-refractivity contribution in [3.8, 4) is 0 Å². The second kappa shape index (κ2) is 4.03. The zero-order valence-electron chi connectivity index (χ0n) is 9.65. The summed E-state index contributed by atoms with van der Waals surface area (Å²) in [6.45, 7) is 3.42. The van der Waals surface area contributed by atoms with Gasteiger partial charge in [0.2, 0.25) is 0 Å². The number of piperidine rings is 3. The minimum Gasteiger partial charge on any atom is -0.391 e. The zero-order chi connectivity index (χ0) is 11.8. The average Bonchev–Trinajstić information content (AvgIpc) is 2.36. The van der Waals surface area contributed by atoms with Gasteiger partial charge in [0.05, 0.1) is 6.33 Å². The molecule has 1 aromatic rings. The molecule has 0 spiro atoms. The van der Waals surface area contributed by atoms with Gasteiger partial charge in [0.1, 0.15) is 5.69 Å². The lowest BCUT2D eigenvalue weighted by molar-refractivity contribution is 0.0974. The van der Waals surface area contributed by atoms with E-state index in [-0.39, 0.29) is 11.2 Å². The zero-order valence-corrected chi connectivity index (χ0v) is 9.65. The Morgan fingerprint density at radius 2 is 2.24 bits per heavy atom. The molecule has 4 rings (SSSR count). The average molecular weight is 235 g/mol. The lowest BCUT2D eigenvalue weighted by atomic mass is 9.84. The van der Waals surface area contributed by atoms with Crippen molar-refractivity contribution in [2.75, 3.05) is 30.7 Å². The monoisotopic (exact) mass is 235 g/mol. The van der Waals surface area contributed by atoms with Gasteiger partial charge in [-0.15, -0.1) is 0 Å². The number of nitrogens with two attached hydrogens (primary N) is 1. The summed E-state index contributed by atoms with van der Waals surface area (Å²) < 4.78 is 0. The second-order valence-corrected chi connectivity index (χ2v) is 4.88. The Bertz CT molecular complexity index is 463. The Morgan fingerprint density at radius 3 is 2.88 bits per heavy atom. The second-order valence-electron chi connectivity index (χ2n) is 4.88. The molecule has 1 atom stereocenters. The molecule has 0 aliphatic carbocycles. The summed E-state index contributed by atoms with van der Waals surface area (Å²) in [6, 6.07) is 0.370. The third-order valence-electron chi connectivity index (χ3n) is 3.87. The van der Waals surface area contributed by atoms with Crippen LogP contribution < -0.4 is 16.6 Å². The topological polar surface area (TPSA) is 87.0 Å². The molecule has 1 aromatic heterocycles. The first-order valence-corrected chi connectivity index (χ1v) is 6.06. The lowest BCUT2D eigenvalue weighted by Crippen LogP contribution is -2.53. The highest BCUT2D eigenvalue weighted by Crippen LogP contribution is 2.29. The Hall–Kier alpha value is -1.56. The summed E-state index contributed by atoms with van der Waals surface area (Å²) in [5.41, 5.74) is 5.63. The number of nitrogens with one attached hydrogen (secondary N) is 2. The van der Waals surface area contributed by atoms with E-state index in [1.807, 2.05) is 0 Å². The fraction of sp³-hybridized carbons (Fsp3) is 0.636. The van der Waals surface area contributed by atoms with Gasteiger partial charge in [-0.25, -0.2) is 4.98 Å². The summed E-state index contributed by atoms with van der Waals surface area (Å²) in [5, 5.41) is 3.32. The van der Waals surface area contributed by atoms with Crippen LogP contribution in [0.15, 0.2) is 11.1 Å². The summed E-state index contributed by atoms with van der Waals surface area (Å²) in [6.07, 6.45) is 3.84. The van der Waals surface area contributed by atoms with Gasteiger partial charge in [-0.2, -0.15) is 0 Å². The number of hydrogen-bond donors (Lipinski definition) is 3. The number of nitrogen functional groups attached to an aromatic ring is 1. The molecule has 0 radical (unpaired) electrons. The molecular weight excluding hydrogens is 218 g/mol. The maximum atomic E-state index is 11.4. The third-order valence-corrected chi connectivity index (χ3v) is 3.87. The first-order valence-electron chi connectivity index (χ1n) is 6.06. The lowest BCUT2D eigenvalue weighted by Gasteiger charge is -2.45. The van der Waals surface area contributed by atoms with Crippen LogP contribution in [0.2, 0.25) is 0 Å². The standard InChI is InChI=1S/C11H17N5O/c12-9-10(13-6-14-11(9)17)15-8-5-16-3-1-7(8)2-4-16/h6-8H,1-5,12H2,(H2,13,14,15,17). The van der Waals surface area contributed by atoms with Crippen molar-refractivity contribution < 1.29 is 0 Å². The molecule has 0 aromatic carbocycles. The highest BCUT2D eigenvalue weighted by atomic mass is 16.1. The van der Waals surface area contributed by atoms with Crippen LogP contribution in [0, 0.1) is 5.92 Å². The van der Waals surface area contributed by atoms with Gasteiger partial charge in [-0.05, 0) is 31.8 Å². The molecule has 6 nitrogen and oxygen atoms in total. The molecule has 3 fully saturated rings. The molecule has 3 aliphatic heterocycles. The smallest absolute Gasteiger partial charge is 0.276 e. The predicted octanol–water partition coefficient (Wildman–Crippen LogP) is -0.142. The maximum absolute atomic E-state index is 11.4. The highest BCUT2D eigenvalue weighted by Gasteiger charge is 2.34. The van der Waals surface area contributed by atoms with Gasteiger partial charge >= 0.3 is 0 Å². The van der Waals surface area contributed by atoms with Crippen LogP contribution in [-0.4, -0.2) is 40.5 Å². The van der Waals surface area contributed by atoms with E-state index < -0.39 is 0 Å². The number of aromatic amines is 1. The Balaban J connectivity index is 1.79. The van der Waals surface area contributed by atoms with Crippen molar-refractivity contribution in [2.24, 2.45) is 5.92 Å². The number of nitrogens with zero attached hydrogens (tertiary/aromatic N) is 2. The van der Waals surface area contributed by atoms with E-state index in [9.17, 15) is 4.79 Å². The minimum absolute atomic E-state index is 0.184. The minimum atomic E-state index is -0.274. The number of hydrogen-bond acceptors (Lipinski definition) is 5. The fourth-order valence-corrected chi connectivity index (χ4v) is 2.83. The van der Waals surface area contributed by atoms with Crippen LogP contribution in [0.5, 0.6) is 0 Å². The molecule has 2 bridgehead atoms. The van der Waals surface area contributed by atoms with Crippen molar-refractivity contribution in [2.45, 2.75) is 18.9 Å². The van der Waals surface area contributed by atoms with Gasteiger partial charge in [0.15, 0.2) is 5.82 Å². The number of aromatic nitrogens is 2. The van der Waals surface area contributed by atoms with E-state index in [1.165, 1.54) is 32.3 Å². The predicted molar refractivity (Wildman–Crippen MR) is 65.8 cm³/mol. The fourth-order valence-electron chi connectivity index (χ4n) is 2.83. The van der Waals surface area contributed by atoms with E-state index in [1.54, 1.807) is 0 Å². The van der Waals surface area contributed by atoms with E-state index in [4.69, 9.17) is 5.73 Å². The Kier molecular flexibility index (Phi) is 2.51. The largest absolute Gasteiger partial charge is 0.391 e. The molecule has 4 heterocycles. The first-order chi connectivity index (χ1) is 8.24. The van der Waals surface area contributed by atoms with Gasteiger partial charge in [0.25, 0.3) is 5.56 Å². The molecule has 92 valence electrons. The molecule has 3 aliphatic rings. The van der Waals surface area contributed by atoms with Gasteiger partial charge in [-0.1, -0.05) is 0 Å². The molecule has 4 N–H and O–H groups in total. The van der Waals surface area contributed by atoms with Crippen molar-refractivity contribution in [3.05, 3.63) is 16.7 Å². The molecular formula is C11H17N5O. The van der Waals surface area contributed by atoms with Crippen molar-refractivity contribution in [3.63, 3.8) is 0 Å². The van der Waals surface area contributed by atoms with Crippen LogP contribution in [0.3, 0.4) is 0 Å². The summed E-state index contributed by atoms with van der Waals surface area (Å²) in [5.74, 6) is 1.20.